The third-order valence-electron chi connectivity index (χ3n) is 2.33. The van der Waals surface area contributed by atoms with E-state index in [-0.39, 0.29) is 17.2 Å². The van der Waals surface area contributed by atoms with Crippen LogP contribution in [0.5, 0.6) is 0 Å². The first kappa shape index (κ1) is 13.8. The Kier molecular flexibility index (Phi) is 4.92. The normalized spacial score (nSPS) is 10.5. The van der Waals surface area contributed by atoms with Crippen molar-refractivity contribution in [1.82, 2.24) is 5.32 Å². The van der Waals surface area contributed by atoms with E-state index in [2.05, 4.69) is 5.32 Å². The number of aromatic carboxylic acids is 1. The molecular formula is C13H16N2O3. The molecule has 0 aliphatic carbocycles. The number of carboxylic acid groups (broad SMARTS) is 1. The van der Waals surface area contributed by atoms with E-state index in [4.69, 9.17) is 10.8 Å². The fraction of sp³-hybridized carbons (Fsp3) is 0.231. The number of anilines is 1. The van der Waals surface area contributed by atoms with Crippen LogP contribution < -0.4 is 11.1 Å². The molecule has 0 spiro atoms. The van der Waals surface area contributed by atoms with Crippen molar-refractivity contribution < 1.29 is 14.7 Å². The van der Waals surface area contributed by atoms with Gasteiger partial charge < -0.3 is 16.2 Å². The summed E-state index contributed by atoms with van der Waals surface area (Å²) in [5.74, 6) is -1.13. The third kappa shape index (κ3) is 3.93. The molecule has 1 aromatic rings. The Morgan fingerprint density at radius 1 is 1.44 bits per heavy atom. The molecular weight excluding hydrogens is 232 g/mol. The molecule has 0 aliphatic rings. The zero-order valence-corrected chi connectivity index (χ0v) is 10.1. The van der Waals surface area contributed by atoms with Crippen molar-refractivity contribution in [2.45, 2.75) is 13.3 Å². The first-order valence-electron chi connectivity index (χ1n) is 5.55. The third-order valence-corrected chi connectivity index (χ3v) is 2.33. The van der Waals surface area contributed by atoms with Crippen molar-refractivity contribution >= 4 is 23.6 Å². The molecule has 0 fully saturated rings. The minimum absolute atomic E-state index is 0.0846. The highest BCUT2D eigenvalue weighted by Crippen LogP contribution is 2.18. The molecule has 18 heavy (non-hydrogen) atoms. The van der Waals surface area contributed by atoms with Crippen LogP contribution in [0.15, 0.2) is 24.3 Å². The predicted octanol–water partition coefficient (Wildman–Crippen LogP) is 1.51. The molecule has 1 amide bonds. The van der Waals surface area contributed by atoms with Gasteiger partial charge in [-0.2, -0.15) is 0 Å². The van der Waals surface area contributed by atoms with E-state index < -0.39 is 5.97 Å². The number of nitrogen functional groups attached to an aromatic ring is 1. The van der Waals surface area contributed by atoms with Gasteiger partial charge in [0.2, 0.25) is 5.91 Å². The van der Waals surface area contributed by atoms with Gasteiger partial charge in [-0.25, -0.2) is 4.79 Å². The van der Waals surface area contributed by atoms with Crippen molar-refractivity contribution in [3.8, 4) is 0 Å². The number of rotatable bonds is 5. The van der Waals surface area contributed by atoms with Crippen LogP contribution >= 0.6 is 0 Å². The van der Waals surface area contributed by atoms with Gasteiger partial charge in [-0.05, 0) is 18.1 Å². The maximum Gasteiger partial charge on any atom is 0.338 e. The highest BCUT2D eigenvalue weighted by Gasteiger charge is 2.11. The highest BCUT2D eigenvalue weighted by molar-refractivity contribution is 5.97. The van der Waals surface area contributed by atoms with Crippen LogP contribution in [0.3, 0.4) is 0 Å². The molecule has 5 heteroatoms. The van der Waals surface area contributed by atoms with Crippen molar-refractivity contribution in [1.29, 1.82) is 0 Å². The number of carbonyl (C=O) groups excluding carboxylic acids is 1. The lowest BCUT2D eigenvalue weighted by atomic mass is 10.0. The van der Waals surface area contributed by atoms with Gasteiger partial charge in [-0.3, -0.25) is 4.79 Å². The average molecular weight is 248 g/mol. The molecule has 0 unspecified atom stereocenters. The largest absolute Gasteiger partial charge is 0.478 e. The molecule has 1 rings (SSSR count). The topological polar surface area (TPSA) is 92.4 Å². The van der Waals surface area contributed by atoms with Crippen molar-refractivity contribution in [3.63, 3.8) is 0 Å². The molecule has 0 saturated heterocycles. The number of amides is 1. The van der Waals surface area contributed by atoms with Crippen LogP contribution in [-0.2, 0) is 4.79 Å². The van der Waals surface area contributed by atoms with Crippen molar-refractivity contribution in [2.24, 2.45) is 0 Å². The number of benzene rings is 1. The van der Waals surface area contributed by atoms with Gasteiger partial charge in [0, 0.05) is 19.2 Å². The number of nitrogens with two attached hydrogens (primary N) is 1. The smallest absolute Gasteiger partial charge is 0.338 e. The van der Waals surface area contributed by atoms with E-state index in [0.29, 0.717) is 18.5 Å². The maximum atomic E-state index is 11.0. The first-order valence-corrected chi connectivity index (χ1v) is 5.55. The molecule has 96 valence electrons. The Labute approximate surface area is 105 Å². The molecule has 0 radical (unpaired) electrons. The molecule has 0 aromatic heterocycles. The van der Waals surface area contributed by atoms with Gasteiger partial charge in [0.1, 0.15) is 0 Å². The zero-order valence-electron chi connectivity index (χ0n) is 10.1. The maximum absolute atomic E-state index is 11.0. The van der Waals surface area contributed by atoms with E-state index in [0.717, 1.165) is 0 Å². The summed E-state index contributed by atoms with van der Waals surface area (Å²) in [5.41, 5.74) is 6.53. The quantitative estimate of drug-likeness (QED) is 0.544. The van der Waals surface area contributed by atoms with Crippen molar-refractivity contribution in [2.75, 3.05) is 12.3 Å². The van der Waals surface area contributed by atoms with Gasteiger partial charge in [0.15, 0.2) is 0 Å². The van der Waals surface area contributed by atoms with E-state index in [9.17, 15) is 9.59 Å². The van der Waals surface area contributed by atoms with E-state index in [1.165, 1.54) is 6.92 Å². The summed E-state index contributed by atoms with van der Waals surface area (Å²) in [6.45, 7) is 1.97. The monoisotopic (exact) mass is 248 g/mol. The molecule has 0 aliphatic heterocycles. The Balaban J connectivity index is 2.72. The fourth-order valence-electron chi connectivity index (χ4n) is 1.52. The zero-order chi connectivity index (χ0) is 13.5. The van der Waals surface area contributed by atoms with E-state index in [1.807, 2.05) is 0 Å². The Morgan fingerprint density at radius 2 is 2.17 bits per heavy atom. The SMILES string of the molecule is CC(=O)NCCC=Cc1cccc(N)c1C(=O)O. The number of hydrogen-bond donors (Lipinski definition) is 3. The standard InChI is InChI=1S/C13H16N2O3/c1-9(16)15-8-3-2-5-10-6-4-7-11(14)12(10)13(17)18/h2,4-7H,3,8,14H2,1H3,(H,15,16)(H,17,18). The van der Waals surface area contributed by atoms with Gasteiger partial charge in [-0.15, -0.1) is 0 Å². The Morgan fingerprint density at radius 3 is 2.78 bits per heavy atom. The van der Waals surface area contributed by atoms with Gasteiger partial charge >= 0.3 is 5.97 Å². The molecule has 0 bridgehead atoms. The van der Waals surface area contributed by atoms with Crippen LogP contribution in [0, 0.1) is 0 Å². The summed E-state index contributed by atoms with van der Waals surface area (Å²) in [4.78, 5) is 21.7. The summed E-state index contributed by atoms with van der Waals surface area (Å²) < 4.78 is 0. The highest BCUT2D eigenvalue weighted by atomic mass is 16.4. The lowest BCUT2D eigenvalue weighted by molar-refractivity contribution is -0.118. The number of carboxylic acids is 1. The second-order valence-electron chi connectivity index (χ2n) is 3.79. The van der Waals surface area contributed by atoms with Crippen LogP contribution in [-0.4, -0.2) is 23.5 Å². The summed E-state index contributed by atoms with van der Waals surface area (Å²) in [6, 6.07) is 4.95. The lowest BCUT2D eigenvalue weighted by Gasteiger charge is -2.04. The molecule has 5 nitrogen and oxygen atoms in total. The number of carbonyl (C=O) groups is 2. The fourth-order valence-corrected chi connectivity index (χ4v) is 1.52. The van der Waals surface area contributed by atoms with Crippen molar-refractivity contribution in [3.05, 3.63) is 35.4 Å². The van der Waals surface area contributed by atoms with Crippen LogP contribution in [0.25, 0.3) is 6.08 Å². The second kappa shape index (κ2) is 6.44. The Hall–Kier alpha value is -2.30. The van der Waals surface area contributed by atoms with E-state index >= 15 is 0 Å². The molecule has 1 aromatic carbocycles. The van der Waals surface area contributed by atoms with E-state index in [1.54, 1.807) is 30.4 Å². The summed E-state index contributed by atoms with van der Waals surface area (Å²) in [6.07, 6.45) is 4.13. The van der Waals surface area contributed by atoms with Gasteiger partial charge in [-0.1, -0.05) is 24.3 Å². The number of nitrogens with one attached hydrogen (secondary N) is 1. The number of hydrogen-bond acceptors (Lipinski definition) is 3. The molecule has 0 heterocycles. The minimum Gasteiger partial charge on any atom is -0.478 e. The van der Waals surface area contributed by atoms with Crippen LogP contribution in [0.4, 0.5) is 5.69 Å². The van der Waals surface area contributed by atoms with Gasteiger partial charge in [0.05, 0.1) is 5.56 Å². The molecule has 0 atom stereocenters. The summed E-state index contributed by atoms with van der Waals surface area (Å²) >= 11 is 0. The van der Waals surface area contributed by atoms with Gasteiger partial charge in [0.25, 0.3) is 0 Å². The second-order valence-corrected chi connectivity index (χ2v) is 3.79. The van der Waals surface area contributed by atoms with Crippen LogP contribution in [0.2, 0.25) is 0 Å². The lowest BCUT2D eigenvalue weighted by Crippen LogP contribution is -2.20. The average Bonchev–Trinajstić information content (AvgIpc) is 2.27. The van der Waals surface area contributed by atoms with Crippen LogP contribution in [0.1, 0.15) is 29.3 Å². The molecule has 4 N–H and O–H groups in total. The first-order chi connectivity index (χ1) is 8.52. The summed E-state index contributed by atoms with van der Waals surface area (Å²) in [5, 5.41) is 11.7. The molecule has 0 saturated carbocycles. The predicted molar refractivity (Wildman–Crippen MR) is 70.1 cm³/mol. The minimum atomic E-state index is -1.05. The summed E-state index contributed by atoms with van der Waals surface area (Å²) in [7, 11) is 0. The Bertz CT molecular complexity index is 481.